The fourth-order valence-electron chi connectivity index (χ4n) is 3.19. The number of thiophene rings is 1. The first-order chi connectivity index (χ1) is 11.2. The first-order valence-electron chi connectivity index (χ1n) is 7.67. The summed E-state index contributed by atoms with van der Waals surface area (Å²) < 4.78 is 11.1. The van der Waals surface area contributed by atoms with Gasteiger partial charge in [-0.2, -0.15) is 0 Å². The lowest BCUT2D eigenvalue weighted by atomic mass is 10.1. The second kappa shape index (κ2) is 6.06. The van der Waals surface area contributed by atoms with Crippen LogP contribution in [-0.4, -0.2) is 30.6 Å². The molecule has 1 saturated heterocycles. The van der Waals surface area contributed by atoms with Crippen LogP contribution in [0.15, 0.2) is 29.6 Å². The van der Waals surface area contributed by atoms with Gasteiger partial charge in [-0.05, 0) is 36.4 Å². The van der Waals surface area contributed by atoms with E-state index >= 15 is 0 Å². The predicted octanol–water partition coefficient (Wildman–Crippen LogP) is 4.15. The number of fused-ring (bicyclic) bond motifs is 1. The quantitative estimate of drug-likeness (QED) is 0.817. The number of benzene rings is 1. The lowest BCUT2D eigenvalue weighted by Gasteiger charge is -2.25. The molecule has 4 rings (SSSR count). The average Bonchev–Trinajstić information content (AvgIpc) is 3.25. The van der Waals surface area contributed by atoms with Gasteiger partial charge in [0.05, 0.1) is 11.1 Å². The van der Waals surface area contributed by atoms with Gasteiger partial charge in [0.25, 0.3) is 5.91 Å². The number of ether oxygens (including phenoxy) is 2. The third-order valence-corrected chi connectivity index (χ3v) is 5.48. The molecule has 2 aliphatic rings. The van der Waals surface area contributed by atoms with Crippen molar-refractivity contribution in [3.8, 4) is 11.5 Å². The Balaban J connectivity index is 1.65. The van der Waals surface area contributed by atoms with Gasteiger partial charge in [0.15, 0.2) is 11.5 Å². The van der Waals surface area contributed by atoms with E-state index in [1.165, 1.54) is 4.88 Å². The Bertz CT molecular complexity index is 732. The SMILES string of the molecule is O=C(c1cc(Cl)c2c(c1)OCCO2)N1CCC[C@@H]1c1cccs1. The Kier molecular flexibility index (Phi) is 3.91. The van der Waals surface area contributed by atoms with Crippen LogP contribution in [0.1, 0.15) is 34.1 Å². The molecule has 1 amide bonds. The highest BCUT2D eigenvalue weighted by Gasteiger charge is 2.32. The van der Waals surface area contributed by atoms with Crippen molar-refractivity contribution in [3.63, 3.8) is 0 Å². The normalized spacial score (nSPS) is 19.9. The van der Waals surface area contributed by atoms with Gasteiger partial charge >= 0.3 is 0 Å². The van der Waals surface area contributed by atoms with E-state index in [0.29, 0.717) is 35.3 Å². The second-order valence-electron chi connectivity index (χ2n) is 5.65. The number of carbonyl (C=O) groups is 1. The number of amides is 1. The molecule has 2 aliphatic heterocycles. The smallest absolute Gasteiger partial charge is 0.254 e. The molecule has 0 radical (unpaired) electrons. The van der Waals surface area contributed by atoms with Crippen molar-refractivity contribution in [2.24, 2.45) is 0 Å². The zero-order valence-corrected chi connectivity index (χ0v) is 14.0. The average molecular weight is 350 g/mol. The molecule has 4 nitrogen and oxygen atoms in total. The van der Waals surface area contributed by atoms with Crippen molar-refractivity contribution in [2.75, 3.05) is 19.8 Å². The summed E-state index contributed by atoms with van der Waals surface area (Å²) in [6, 6.07) is 7.71. The first-order valence-corrected chi connectivity index (χ1v) is 8.93. The minimum atomic E-state index is -0.000210. The molecule has 23 heavy (non-hydrogen) atoms. The van der Waals surface area contributed by atoms with Crippen LogP contribution in [0.4, 0.5) is 0 Å². The van der Waals surface area contributed by atoms with Crippen LogP contribution in [0.2, 0.25) is 5.02 Å². The van der Waals surface area contributed by atoms with E-state index in [1.807, 2.05) is 11.0 Å². The molecule has 0 bridgehead atoms. The van der Waals surface area contributed by atoms with Crippen LogP contribution in [0, 0.1) is 0 Å². The highest BCUT2D eigenvalue weighted by molar-refractivity contribution is 7.10. The summed E-state index contributed by atoms with van der Waals surface area (Å²) in [5, 5.41) is 2.48. The van der Waals surface area contributed by atoms with Crippen molar-refractivity contribution in [1.29, 1.82) is 0 Å². The molecule has 120 valence electrons. The maximum atomic E-state index is 13.0. The Morgan fingerprint density at radius 2 is 2.17 bits per heavy atom. The summed E-state index contributed by atoms with van der Waals surface area (Å²) in [6.45, 7) is 1.72. The van der Waals surface area contributed by atoms with E-state index in [0.717, 1.165) is 19.4 Å². The molecule has 1 aromatic carbocycles. The fraction of sp³-hybridized carbons (Fsp3) is 0.353. The summed E-state index contributed by atoms with van der Waals surface area (Å²) in [4.78, 5) is 16.1. The minimum Gasteiger partial charge on any atom is -0.486 e. The molecule has 0 spiro atoms. The Morgan fingerprint density at radius 1 is 1.30 bits per heavy atom. The Hall–Kier alpha value is -1.72. The number of nitrogens with zero attached hydrogens (tertiary/aromatic N) is 1. The predicted molar refractivity (Wildman–Crippen MR) is 89.8 cm³/mol. The van der Waals surface area contributed by atoms with Crippen LogP contribution in [0.25, 0.3) is 0 Å². The summed E-state index contributed by atoms with van der Waals surface area (Å²) >= 11 is 7.96. The van der Waals surface area contributed by atoms with E-state index in [9.17, 15) is 4.79 Å². The van der Waals surface area contributed by atoms with Gasteiger partial charge in [-0.25, -0.2) is 0 Å². The van der Waals surface area contributed by atoms with Crippen LogP contribution in [0.3, 0.4) is 0 Å². The third kappa shape index (κ3) is 2.68. The zero-order chi connectivity index (χ0) is 15.8. The molecule has 1 atom stereocenters. The van der Waals surface area contributed by atoms with Crippen LogP contribution < -0.4 is 9.47 Å². The van der Waals surface area contributed by atoms with E-state index in [1.54, 1.807) is 23.5 Å². The lowest BCUT2D eigenvalue weighted by Crippen LogP contribution is -2.30. The second-order valence-corrected chi connectivity index (χ2v) is 7.04. The monoisotopic (exact) mass is 349 g/mol. The van der Waals surface area contributed by atoms with Crippen LogP contribution >= 0.6 is 22.9 Å². The molecule has 1 aromatic heterocycles. The van der Waals surface area contributed by atoms with Crippen LogP contribution in [-0.2, 0) is 0 Å². The summed E-state index contributed by atoms with van der Waals surface area (Å²) in [6.07, 6.45) is 2.02. The van der Waals surface area contributed by atoms with Crippen molar-refractivity contribution in [3.05, 3.63) is 45.1 Å². The van der Waals surface area contributed by atoms with E-state index in [-0.39, 0.29) is 11.9 Å². The molecule has 1 fully saturated rings. The van der Waals surface area contributed by atoms with Crippen molar-refractivity contribution in [2.45, 2.75) is 18.9 Å². The Labute approximate surface area is 143 Å². The van der Waals surface area contributed by atoms with E-state index < -0.39 is 0 Å². The fourth-order valence-corrected chi connectivity index (χ4v) is 4.33. The van der Waals surface area contributed by atoms with Crippen LogP contribution in [0.5, 0.6) is 11.5 Å². The van der Waals surface area contributed by atoms with Gasteiger partial charge in [0.1, 0.15) is 13.2 Å². The topological polar surface area (TPSA) is 38.8 Å². The molecule has 0 saturated carbocycles. The molecule has 2 aromatic rings. The third-order valence-electron chi connectivity index (χ3n) is 4.23. The van der Waals surface area contributed by atoms with E-state index in [2.05, 4.69) is 11.4 Å². The van der Waals surface area contributed by atoms with Gasteiger partial charge in [0.2, 0.25) is 0 Å². The molecular weight excluding hydrogens is 334 g/mol. The van der Waals surface area contributed by atoms with Crippen molar-refractivity contribution < 1.29 is 14.3 Å². The molecular formula is C17H16ClNO3S. The summed E-state index contributed by atoms with van der Waals surface area (Å²) in [7, 11) is 0. The number of hydrogen-bond acceptors (Lipinski definition) is 4. The standard InChI is InChI=1S/C17H16ClNO3S/c18-12-9-11(10-14-16(12)22-7-6-21-14)17(20)19-5-1-3-13(19)15-4-2-8-23-15/h2,4,8-10,13H,1,3,5-7H2/t13-/m1/s1. The molecule has 0 aliphatic carbocycles. The molecule has 0 unspecified atom stereocenters. The number of carbonyl (C=O) groups excluding carboxylic acids is 1. The summed E-state index contributed by atoms with van der Waals surface area (Å²) in [5.41, 5.74) is 0.558. The van der Waals surface area contributed by atoms with Gasteiger partial charge < -0.3 is 14.4 Å². The van der Waals surface area contributed by atoms with Gasteiger partial charge in [-0.3, -0.25) is 4.79 Å². The summed E-state index contributed by atoms with van der Waals surface area (Å²) in [5.74, 6) is 1.09. The number of rotatable bonds is 2. The van der Waals surface area contributed by atoms with Gasteiger partial charge in [-0.15, -0.1) is 11.3 Å². The number of likely N-dealkylation sites (tertiary alicyclic amines) is 1. The number of hydrogen-bond donors (Lipinski definition) is 0. The van der Waals surface area contributed by atoms with E-state index in [4.69, 9.17) is 21.1 Å². The minimum absolute atomic E-state index is 0.000210. The molecule has 0 N–H and O–H groups in total. The largest absolute Gasteiger partial charge is 0.486 e. The highest BCUT2D eigenvalue weighted by Crippen LogP contribution is 2.40. The molecule has 6 heteroatoms. The maximum Gasteiger partial charge on any atom is 0.254 e. The van der Waals surface area contributed by atoms with Crippen molar-refractivity contribution in [1.82, 2.24) is 4.90 Å². The highest BCUT2D eigenvalue weighted by atomic mass is 35.5. The first kappa shape index (κ1) is 14.8. The lowest BCUT2D eigenvalue weighted by molar-refractivity contribution is 0.0736. The van der Waals surface area contributed by atoms with Gasteiger partial charge in [0, 0.05) is 17.0 Å². The molecule has 3 heterocycles. The van der Waals surface area contributed by atoms with Gasteiger partial charge in [-0.1, -0.05) is 17.7 Å². The van der Waals surface area contributed by atoms with Crippen molar-refractivity contribution >= 4 is 28.8 Å². The number of halogens is 1. The maximum absolute atomic E-state index is 13.0. The Morgan fingerprint density at radius 3 is 3.00 bits per heavy atom. The zero-order valence-electron chi connectivity index (χ0n) is 12.5.